The maximum Gasteiger partial charge on any atom is 0.254 e. The van der Waals surface area contributed by atoms with Gasteiger partial charge in [-0.25, -0.2) is 0 Å². The van der Waals surface area contributed by atoms with E-state index in [1.165, 1.54) is 6.07 Å². The molecule has 1 amide bonds. The fourth-order valence-corrected chi connectivity index (χ4v) is 5.56. The van der Waals surface area contributed by atoms with Crippen molar-refractivity contribution in [2.24, 2.45) is 11.8 Å². The Morgan fingerprint density at radius 1 is 1.33 bits per heavy atom. The molecule has 1 aromatic rings. The van der Waals surface area contributed by atoms with Crippen molar-refractivity contribution in [3.8, 4) is 5.75 Å². The van der Waals surface area contributed by atoms with Crippen LogP contribution in [0.1, 0.15) is 59.6 Å². The SMILES string of the molecule is CC1CN(C(=O)[C@H]2COC(C)(C)O2)CCC1C(N[S+]([O-])C(C)(C)C)c1cc(Cl)c(Cl)cc1O. The van der Waals surface area contributed by atoms with Crippen molar-refractivity contribution >= 4 is 40.5 Å². The second-order valence-corrected chi connectivity index (χ2v) is 13.1. The lowest BCUT2D eigenvalue weighted by Crippen LogP contribution is -2.51. The first-order chi connectivity index (χ1) is 15.2. The van der Waals surface area contributed by atoms with Crippen molar-refractivity contribution in [1.29, 1.82) is 0 Å². The summed E-state index contributed by atoms with van der Waals surface area (Å²) in [5, 5.41) is 11.2. The Kier molecular flexibility index (Phi) is 8.21. The Hall–Kier alpha value is -0.740. The zero-order valence-corrected chi connectivity index (χ0v) is 22.3. The molecule has 2 fully saturated rings. The number of amides is 1. The molecule has 33 heavy (non-hydrogen) atoms. The minimum Gasteiger partial charge on any atom is -0.598 e. The van der Waals surface area contributed by atoms with Gasteiger partial charge >= 0.3 is 0 Å². The third kappa shape index (κ3) is 6.28. The van der Waals surface area contributed by atoms with Gasteiger partial charge in [0.1, 0.15) is 10.5 Å². The summed E-state index contributed by atoms with van der Waals surface area (Å²) < 4.78 is 27.1. The molecule has 0 bridgehead atoms. The summed E-state index contributed by atoms with van der Waals surface area (Å²) in [5.41, 5.74) is 0.549. The zero-order chi connectivity index (χ0) is 24.7. The van der Waals surface area contributed by atoms with Gasteiger partial charge in [-0.3, -0.25) is 4.79 Å². The molecule has 2 saturated heterocycles. The number of ether oxygens (including phenoxy) is 2. The largest absolute Gasteiger partial charge is 0.598 e. The van der Waals surface area contributed by atoms with Crippen LogP contribution < -0.4 is 4.72 Å². The third-order valence-electron chi connectivity index (χ3n) is 6.19. The number of carbonyl (C=O) groups excluding carboxylic acids is 1. The van der Waals surface area contributed by atoms with E-state index in [0.29, 0.717) is 30.1 Å². The highest BCUT2D eigenvalue weighted by Crippen LogP contribution is 2.42. The highest BCUT2D eigenvalue weighted by molar-refractivity contribution is 7.90. The van der Waals surface area contributed by atoms with Gasteiger partial charge in [-0.1, -0.05) is 30.1 Å². The van der Waals surface area contributed by atoms with E-state index in [0.717, 1.165) is 0 Å². The first-order valence-electron chi connectivity index (χ1n) is 11.2. The second kappa shape index (κ2) is 10.1. The van der Waals surface area contributed by atoms with Crippen LogP contribution >= 0.6 is 23.2 Å². The minimum absolute atomic E-state index is 0.000629. The van der Waals surface area contributed by atoms with Gasteiger partial charge < -0.3 is 24.0 Å². The van der Waals surface area contributed by atoms with Crippen molar-refractivity contribution in [2.45, 2.75) is 70.6 Å². The quantitative estimate of drug-likeness (QED) is 0.557. The molecule has 0 aromatic heterocycles. The van der Waals surface area contributed by atoms with Crippen LogP contribution in [-0.2, 0) is 25.6 Å². The van der Waals surface area contributed by atoms with Gasteiger partial charge in [-0.15, -0.1) is 4.72 Å². The average Bonchev–Trinajstić information content (AvgIpc) is 3.07. The normalized spacial score (nSPS) is 27.4. The number of hydrogen-bond donors (Lipinski definition) is 2. The molecule has 1 aromatic carbocycles. The number of benzene rings is 1. The second-order valence-electron chi connectivity index (χ2n) is 10.3. The van der Waals surface area contributed by atoms with Crippen molar-refractivity contribution in [1.82, 2.24) is 9.62 Å². The molecule has 2 heterocycles. The molecule has 0 radical (unpaired) electrons. The maximum atomic E-state index is 13.0. The molecular formula is C23H34Cl2N2O5S. The predicted molar refractivity (Wildman–Crippen MR) is 131 cm³/mol. The van der Waals surface area contributed by atoms with Gasteiger partial charge in [0, 0.05) is 36.1 Å². The Bertz CT molecular complexity index is 879. The molecular weight excluding hydrogens is 487 g/mol. The fourth-order valence-electron chi connectivity index (χ4n) is 4.35. The maximum absolute atomic E-state index is 13.0. The van der Waals surface area contributed by atoms with Crippen molar-refractivity contribution < 1.29 is 23.9 Å². The van der Waals surface area contributed by atoms with Gasteiger partial charge in [0.05, 0.1) is 22.7 Å². The Labute approximate surface area is 209 Å². The number of nitrogens with zero attached hydrogens (tertiary/aromatic N) is 1. The monoisotopic (exact) mass is 520 g/mol. The number of nitrogens with one attached hydrogen (secondary N) is 1. The Morgan fingerprint density at radius 3 is 2.52 bits per heavy atom. The van der Waals surface area contributed by atoms with E-state index in [2.05, 4.69) is 11.6 Å². The molecule has 5 atom stereocenters. The number of piperidine rings is 1. The molecule has 0 saturated carbocycles. The number of likely N-dealkylation sites (tertiary alicyclic amines) is 1. The number of phenolic OH excluding ortho intramolecular Hbond substituents is 1. The van der Waals surface area contributed by atoms with Crippen LogP contribution in [0.25, 0.3) is 0 Å². The van der Waals surface area contributed by atoms with Gasteiger partial charge in [0.25, 0.3) is 5.91 Å². The number of carbonyl (C=O) groups is 1. The fraction of sp³-hybridized carbons (Fsp3) is 0.696. The van der Waals surface area contributed by atoms with Gasteiger partial charge in [-0.2, -0.15) is 0 Å². The number of halogens is 2. The summed E-state index contributed by atoms with van der Waals surface area (Å²) in [4.78, 5) is 14.8. The lowest BCUT2D eigenvalue weighted by Gasteiger charge is -2.42. The molecule has 0 spiro atoms. The predicted octanol–water partition coefficient (Wildman–Crippen LogP) is 4.43. The average molecular weight is 522 g/mol. The molecule has 7 nitrogen and oxygen atoms in total. The van der Waals surface area contributed by atoms with Crippen molar-refractivity contribution in [3.05, 3.63) is 27.7 Å². The van der Waals surface area contributed by atoms with Gasteiger partial charge in [0.2, 0.25) is 0 Å². The summed E-state index contributed by atoms with van der Waals surface area (Å²) in [7, 11) is 0. The molecule has 2 aliphatic rings. The van der Waals surface area contributed by atoms with Gasteiger partial charge in [0.15, 0.2) is 11.9 Å². The number of aromatic hydroxyl groups is 1. The number of rotatable bonds is 5. The highest BCUT2D eigenvalue weighted by Gasteiger charge is 2.43. The topological polar surface area (TPSA) is 94.1 Å². The van der Waals surface area contributed by atoms with Crippen LogP contribution in [0, 0.1) is 11.8 Å². The summed E-state index contributed by atoms with van der Waals surface area (Å²) in [5.74, 6) is -0.785. The smallest absolute Gasteiger partial charge is 0.254 e. The Morgan fingerprint density at radius 2 is 1.97 bits per heavy atom. The zero-order valence-electron chi connectivity index (χ0n) is 20.0. The third-order valence-corrected chi connectivity index (χ3v) is 8.49. The summed E-state index contributed by atoms with van der Waals surface area (Å²) in [6.07, 6.45) is 0.0490. The van der Waals surface area contributed by atoms with Gasteiger partial charge in [-0.05, 0) is 58.9 Å². The van der Waals surface area contributed by atoms with Crippen molar-refractivity contribution in [2.75, 3.05) is 19.7 Å². The first kappa shape index (κ1) is 26.9. The molecule has 2 aliphatic heterocycles. The molecule has 4 unspecified atom stereocenters. The van der Waals surface area contributed by atoms with E-state index in [1.807, 2.05) is 25.7 Å². The Balaban J connectivity index is 1.82. The molecule has 3 rings (SSSR count). The summed E-state index contributed by atoms with van der Waals surface area (Å²) in [6.45, 7) is 12.6. The van der Waals surface area contributed by atoms with E-state index in [9.17, 15) is 14.5 Å². The molecule has 0 aliphatic carbocycles. The lowest BCUT2D eigenvalue weighted by molar-refractivity contribution is -0.162. The van der Waals surface area contributed by atoms with E-state index in [-0.39, 0.29) is 35.1 Å². The van der Waals surface area contributed by atoms with E-state index < -0.39 is 34.0 Å². The molecule has 2 N–H and O–H groups in total. The summed E-state index contributed by atoms with van der Waals surface area (Å²) in [6, 6.07) is 2.61. The van der Waals surface area contributed by atoms with Crippen molar-refractivity contribution in [3.63, 3.8) is 0 Å². The van der Waals surface area contributed by atoms with E-state index >= 15 is 0 Å². The minimum atomic E-state index is -1.39. The van der Waals surface area contributed by atoms with Crippen LogP contribution in [0.4, 0.5) is 0 Å². The van der Waals surface area contributed by atoms with Crippen LogP contribution in [-0.4, -0.2) is 56.8 Å². The van der Waals surface area contributed by atoms with Crippen LogP contribution in [0.15, 0.2) is 12.1 Å². The van der Waals surface area contributed by atoms with Crippen LogP contribution in [0.2, 0.25) is 10.0 Å². The molecule has 10 heteroatoms. The number of phenols is 1. The van der Waals surface area contributed by atoms with E-state index in [4.69, 9.17) is 32.7 Å². The number of hydrogen-bond acceptors (Lipinski definition) is 6. The summed E-state index contributed by atoms with van der Waals surface area (Å²) >= 11 is 11.0. The van der Waals surface area contributed by atoms with Crippen LogP contribution in [0.5, 0.6) is 5.75 Å². The van der Waals surface area contributed by atoms with Crippen LogP contribution in [0.3, 0.4) is 0 Å². The van der Waals surface area contributed by atoms with E-state index in [1.54, 1.807) is 19.9 Å². The lowest BCUT2D eigenvalue weighted by atomic mass is 9.78. The first-order valence-corrected chi connectivity index (χ1v) is 13.1. The standard InChI is InChI=1S/C23H34Cl2N2O5S/c1-13-11-27(21(29)19-12-31-23(5,6)32-19)8-7-14(13)20(26-33(30)22(2,3)4)15-9-16(24)17(25)10-18(15)28/h9-10,13-14,19-20,26,28H,7-8,11-12H2,1-6H3/t13?,14?,19-,20?,33?/m1/s1. The highest BCUT2D eigenvalue weighted by atomic mass is 35.5. The molecule has 186 valence electrons.